The van der Waals surface area contributed by atoms with E-state index in [2.05, 4.69) is 10.2 Å². The van der Waals surface area contributed by atoms with Crippen molar-refractivity contribution in [2.75, 3.05) is 32.7 Å². The molecule has 0 aromatic rings. The second-order valence-corrected chi connectivity index (χ2v) is 5.11. The minimum Gasteiger partial charge on any atom is -0.481 e. The zero-order valence-electron chi connectivity index (χ0n) is 9.82. The number of nitrogens with zero attached hydrogens (tertiary/aromatic N) is 1. The number of hydrogen-bond acceptors (Lipinski definition) is 3. The third-order valence-electron chi connectivity index (χ3n) is 3.91. The van der Waals surface area contributed by atoms with E-state index >= 15 is 0 Å². The molecule has 0 saturated carbocycles. The number of carboxylic acids is 1. The average Bonchev–Trinajstić information content (AvgIpc) is 2.31. The Hall–Kier alpha value is -0.610. The molecule has 0 bridgehead atoms. The summed E-state index contributed by atoms with van der Waals surface area (Å²) in [5, 5.41) is 12.3. The topological polar surface area (TPSA) is 52.6 Å². The fourth-order valence-corrected chi connectivity index (χ4v) is 2.79. The normalized spacial score (nSPS) is 25.8. The standard InChI is InChI=1S/C12H22N2O2/c15-12(16)11-3-7-14(8-4-11)9-10-1-5-13-6-2-10/h10-11,13H,1-9H2,(H,15,16). The Morgan fingerprint density at radius 3 is 2.38 bits per heavy atom. The molecule has 0 aliphatic carbocycles. The van der Waals surface area contributed by atoms with Crippen LogP contribution in [0.2, 0.25) is 0 Å². The number of likely N-dealkylation sites (tertiary alicyclic amines) is 1. The molecular weight excluding hydrogens is 204 g/mol. The third kappa shape index (κ3) is 3.19. The molecule has 4 heteroatoms. The van der Waals surface area contributed by atoms with Gasteiger partial charge in [0.05, 0.1) is 5.92 Å². The van der Waals surface area contributed by atoms with E-state index in [4.69, 9.17) is 5.11 Å². The highest BCUT2D eigenvalue weighted by Crippen LogP contribution is 2.20. The van der Waals surface area contributed by atoms with Crippen LogP contribution in [0.3, 0.4) is 0 Å². The van der Waals surface area contributed by atoms with Crippen LogP contribution in [0.15, 0.2) is 0 Å². The lowest BCUT2D eigenvalue weighted by Gasteiger charge is -2.34. The van der Waals surface area contributed by atoms with Gasteiger partial charge in [0.25, 0.3) is 0 Å². The highest BCUT2D eigenvalue weighted by Gasteiger charge is 2.26. The first-order valence-corrected chi connectivity index (χ1v) is 6.41. The summed E-state index contributed by atoms with van der Waals surface area (Å²) >= 11 is 0. The van der Waals surface area contributed by atoms with Gasteiger partial charge in [0.15, 0.2) is 0 Å². The van der Waals surface area contributed by atoms with Crippen LogP contribution in [-0.2, 0) is 4.79 Å². The smallest absolute Gasteiger partial charge is 0.306 e. The molecule has 2 heterocycles. The summed E-state index contributed by atoms with van der Waals surface area (Å²) in [5.41, 5.74) is 0. The Morgan fingerprint density at radius 2 is 1.81 bits per heavy atom. The minimum atomic E-state index is -0.610. The number of nitrogens with one attached hydrogen (secondary N) is 1. The molecule has 0 radical (unpaired) electrons. The fraction of sp³-hybridized carbons (Fsp3) is 0.917. The van der Waals surface area contributed by atoms with Crippen molar-refractivity contribution in [2.45, 2.75) is 25.7 Å². The number of rotatable bonds is 3. The lowest BCUT2D eigenvalue weighted by atomic mass is 9.93. The Morgan fingerprint density at radius 1 is 1.19 bits per heavy atom. The number of aliphatic carboxylic acids is 1. The second kappa shape index (κ2) is 5.64. The molecule has 2 fully saturated rings. The summed E-state index contributed by atoms with van der Waals surface area (Å²) in [4.78, 5) is 13.3. The van der Waals surface area contributed by atoms with Crippen LogP contribution in [0, 0.1) is 11.8 Å². The van der Waals surface area contributed by atoms with Gasteiger partial charge in [-0.1, -0.05) is 0 Å². The molecular formula is C12H22N2O2. The van der Waals surface area contributed by atoms with Crippen LogP contribution >= 0.6 is 0 Å². The molecule has 16 heavy (non-hydrogen) atoms. The van der Waals surface area contributed by atoms with Crippen LogP contribution in [-0.4, -0.2) is 48.7 Å². The molecule has 0 spiro atoms. The van der Waals surface area contributed by atoms with Gasteiger partial charge in [0.2, 0.25) is 0 Å². The largest absolute Gasteiger partial charge is 0.481 e. The van der Waals surface area contributed by atoms with Crippen molar-refractivity contribution >= 4 is 5.97 Å². The van der Waals surface area contributed by atoms with Crippen molar-refractivity contribution < 1.29 is 9.90 Å². The van der Waals surface area contributed by atoms with E-state index < -0.39 is 5.97 Å². The number of piperidine rings is 2. The van der Waals surface area contributed by atoms with Crippen molar-refractivity contribution in [3.8, 4) is 0 Å². The van der Waals surface area contributed by atoms with Crippen molar-refractivity contribution in [2.24, 2.45) is 11.8 Å². The van der Waals surface area contributed by atoms with Gasteiger partial charge in [-0.05, 0) is 57.8 Å². The lowest BCUT2D eigenvalue weighted by molar-refractivity contribution is -0.143. The quantitative estimate of drug-likeness (QED) is 0.747. The van der Waals surface area contributed by atoms with E-state index in [-0.39, 0.29) is 5.92 Å². The van der Waals surface area contributed by atoms with Crippen LogP contribution in [0.1, 0.15) is 25.7 Å². The van der Waals surface area contributed by atoms with E-state index in [1.54, 1.807) is 0 Å². The van der Waals surface area contributed by atoms with E-state index in [1.807, 2.05) is 0 Å². The molecule has 2 saturated heterocycles. The maximum Gasteiger partial charge on any atom is 0.306 e. The van der Waals surface area contributed by atoms with Crippen molar-refractivity contribution in [1.29, 1.82) is 0 Å². The summed E-state index contributed by atoms with van der Waals surface area (Å²) < 4.78 is 0. The van der Waals surface area contributed by atoms with Crippen molar-refractivity contribution in [3.05, 3.63) is 0 Å². The number of carboxylic acid groups (broad SMARTS) is 1. The molecule has 2 N–H and O–H groups in total. The molecule has 0 atom stereocenters. The summed E-state index contributed by atoms with van der Waals surface area (Å²) in [6, 6.07) is 0. The maximum atomic E-state index is 10.8. The van der Waals surface area contributed by atoms with Crippen LogP contribution in [0.5, 0.6) is 0 Å². The summed E-state index contributed by atoms with van der Waals surface area (Å²) in [6.45, 7) is 5.42. The Labute approximate surface area is 97.0 Å². The molecule has 0 aromatic carbocycles. The molecule has 4 nitrogen and oxygen atoms in total. The van der Waals surface area contributed by atoms with Crippen LogP contribution in [0.4, 0.5) is 0 Å². The summed E-state index contributed by atoms with van der Waals surface area (Å²) in [7, 11) is 0. The van der Waals surface area contributed by atoms with Gasteiger partial charge in [0, 0.05) is 6.54 Å². The monoisotopic (exact) mass is 226 g/mol. The molecule has 0 amide bonds. The first-order valence-electron chi connectivity index (χ1n) is 6.41. The second-order valence-electron chi connectivity index (χ2n) is 5.11. The first-order chi connectivity index (χ1) is 7.75. The Balaban J connectivity index is 1.70. The van der Waals surface area contributed by atoms with Gasteiger partial charge >= 0.3 is 5.97 Å². The van der Waals surface area contributed by atoms with Gasteiger partial charge in [-0.25, -0.2) is 0 Å². The average molecular weight is 226 g/mol. The van der Waals surface area contributed by atoms with Crippen LogP contribution < -0.4 is 5.32 Å². The van der Waals surface area contributed by atoms with Gasteiger partial charge in [-0.3, -0.25) is 4.79 Å². The Bertz CT molecular complexity index is 231. The minimum absolute atomic E-state index is 0.0933. The summed E-state index contributed by atoms with van der Waals surface area (Å²) in [6.07, 6.45) is 4.22. The van der Waals surface area contributed by atoms with E-state index in [1.165, 1.54) is 19.4 Å². The summed E-state index contributed by atoms with van der Waals surface area (Å²) in [5.74, 6) is 0.119. The molecule has 92 valence electrons. The van der Waals surface area contributed by atoms with Gasteiger partial charge in [-0.15, -0.1) is 0 Å². The molecule has 0 unspecified atom stereocenters. The highest BCUT2D eigenvalue weighted by molar-refractivity contribution is 5.70. The van der Waals surface area contributed by atoms with Crippen LogP contribution in [0.25, 0.3) is 0 Å². The zero-order chi connectivity index (χ0) is 11.4. The Kier molecular flexibility index (Phi) is 4.18. The predicted octanol–water partition coefficient (Wildman–Crippen LogP) is 0.783. The van der Waals surface area contributed by atoms with E-state index in [0.29, 0.717) is 0 Å². The number of hydrogen-bond donors (Lipinski definition) is 2. The first kappa shape index (κ1) is 11.9. The molecule has 2 rings (SSSR count). The van der Waals surface area contributed by atoms with E-state index in [9.17, 15) is 4.79 Å². The van der Waals surface area contributed by atoms with Gasteiger partial charge < -0.3 is 15.3 Å². The maximum absolute atomic E-state index is 10.8. The van der Waals surface area contributed by atoms with Crippen molar-refractivity contribution in [1.82, 2.24) is 10.2 Å². The fourth-order valence-electron chi connectivity index (χ4n) is 2.79. The highest BCUT2D eigenvalue weighted by atomic mass is 16.4. The van der Waals surface area contributed by atoms with Crippen molar-refractivity contribution in [3.63, 3.8) is 0 Å². The number of carbonyl (C=O) groups is 1. The predicted molar refractivity (Wildman–Crippen MR) is 62.4 cm³/mol. The zero-order valence-corrected chi connectivity index (χ0v) is 9.82. The third-order valence-corrected chi connectivity index (χ3v) is 3.91. The molecule has 2 aliphatic heterocycles. The lowest BCUT2D eigenvalue weighted by Crippen LogP contribution is -2.41. The van der Waals surface area contributed by atoms with Gasteiger partial charge in [0.1, 0.15) is 0 Å². The van der Waals surface area contributed by atoms with Gasteiger partial charge in [-0.2, -0.15) is 0 Å². The molecule has 0 aromatic heterocycles. The SMILES string of the molecule is O=C(O)C1CCN(CC2CCNCC2)CC1. The van der Waals surface area contributed by atoms with E-state index in [0.717, 1.165) is 44.9 Å². The molecule has 2 aliphatic rings.